The van der Waals surface area contributed by atoms with Crippen LogP contribution in [-0.4, -0.2) is 6.36 Å². The molecule has 0 fully saturated rings. The van der Waals surface area contributed by atoms with E-state index in [9.17, 15) is 17.6 Å². The molecule has 2 aromatic carbocycles. The molecule has 0 aromatic heterocycles. The number of hydrogen-bond donors (Lipinski definition) is 1. The lowest BCUT2D eigenvalue weighted by atomic mass is 10.2. The molecule has 0 saturated carbocycles. The van der Waals surface area contributed by atoms with E-state index in [0.29, 0.717) is 5.56 Å². The van der Waals surface area contributed by atoms with Gasteiger partial charge in [-0.3, -0.25) is 0 Å². The van der Waals surface area contributed by atoms with E-state index in [0.717, 1.165) is 18.2 Å². The van der Waals surface area contributed by atoms with E-state index in [-0.39, 0.29) is 18.0 Å². The van der Waals surface area contributed by atoms with Crippen LogP contribution >= 0.6 is 0 Å². The fourth-order valence-electron chi connectivity index (χ4n) is 1.67. The molecule has 0 saturated heterocycles. The number of alkyl halides is 3. The second-order valence-corrected chi connectivity index (χ2v) is 4.05. The molecular formula is C14H11F4NO2. The van der Waals surface area contributed by atoms with Crippen molar-refractivity contribution in [1.82, 2.24) is 0 Å². The maximum Gasteiger partial charge on any atom is 0.573 e. The normalized spacial score (nSPS) is 11.3. The highest BCUT2D eigenvalue weighted by Crippen LogP contribution is 2.36. The van der Waals surface area contributed by atoms with Gasteiger partial charge in [0.1, 0.15) is 11.6 Å². The van der Waals surface area contributed by atoms with Crippen LogP contribution < -0.4 is 15.2 Å². The predicted octanol–water partition coefficient (Wildman–Crippen LogP) is 3.98. The van der Waals surface area contributed by atoms with E-state index in [2.05, 4.69) is 4.74 Å². The van der Waals surface area contributed by atoms with Gasteiger partial charge in [-0.1, -0.05) is 12.1 Å². The van der Waals surface area contributed by atoms with Crippen LogP contribution in [-0.2, 0) is 6.54 Å². The molecule has 0 bridgehead atoms. The summed E-state index contributed by atoms with van der Waals surface area (Å²) in [5, 5.41) is 0. The number of nitrogens with two attached hydrogens (primary N) is 1. The van der Waals surface area contributed by atoms with E-state index in [1.165, 1.54) is 24.3 Å². The van der Waals surface area contributed by atoms with Gasteiger partial charge in [-0.2, -0.15) is 0 Å². The molecule has 7 heteroatoms. The minimum atomic E-state index is -4.83. The number of halogens is 4. The van der Waals surface area contributed by atoms with E-state index in [4.69, 9.17) is 10.5 Å². The first-order valence-electron chi connectivity index (χ1n) is 5.90. The Bertz CT molecular complexity index is 629. The van der Waals surface area contributed by atoms with Gasteiger partial charge in [0.15, 0.2) is 11.5 Å². The first-order chi connectivity index (χ1) is 9.89. The number of rotatable bonds is 4. The van der Waals surface area contributed by atoms with Crippen molar-refractivity contribution in [1.29, 1.82) is 0 Å². The average Bonchev–Trinajstić information content (AvgIpc) is 2.41. The molecule has 2 rings (SSSR count). The Balaban J connectivity index is 2.32. The minimum absolute atomic E-state index is 0.0185. The van der Waals surface area contributed by atoms with Gasteiger partial charge in [-0.05, 0) is 30.3 Å². The van der Waals surface area contributed by atoms with Crippen molar-refractivity contribution in [2.75, 3.05) is 0 Å². The van der Waals surface area contributed by atoms with Crippen molar-refractivity contribution >= 4 is 0 Å². The van der Waals surface area contributed by atoms with E-state index in [1.807, 2.05) is 0 Å². The smallest absolute Gasteiger partial charge is 0.453 e. The van der Waals surface area contributed by atoms with Crippen molar-refractivity contribution < 1.29 is 27.0 Å². The number of hydrogen-bond acceptors (Lipinski definition) is 3. The molecule has 0 radical (unpaired) electrons. The van der Waals surface area contributed by atoms with Gasteiger partial charge in [-0.15, -0.1) is 13.2 Å². The third-order valence-electron chi connectivity index (χ3n) is 2.54. The van der Waals surface area contributed by atoms with Crippen molar-refractivity contribution in [3.8, 4) is 17.2 Å². The molecule has 112 valence electrons. The standard InChI is InChI=1S/C14H11F4NO2/c15-10-5-6-11(9(7-10)8-19)20-12-3-1-2-4-13(12)21-14(16,17)18/h1-7H,8,19H2. The summed E-state index contributed by atoms with van der Waals surface area (Å²) >= 11 is 0. The Hall–Kier alpha value is -2.28. The zero-order valence-corrected chi connectivity index (χ0v) is 10.7. The zero-order chi connectivity index (χ0) is 15.5. The second-order valence-electron chi connectivity index (χ2n) is 4.05. The summed E-state index contributed by atoms with van der Waals surface area (Å²) in [6.45, 7) is -0.0185. The van der Waals surface area contributed by atoms with E-state index >= 15 is 0 Å². The molecule has 0 amide bonds. The summed E-state index contributed by atoms with van der Waals surface area (Å²) < 4.78 is 59.3. The van der Waals surface area contributed by atoms with Gasteiger partial charge < -0.3 is 15.2 Å². The minimum Gasteiger partial charge on any atom is -0.453 e. The van der Waals surface area contributed by atoms with Gasteiger partial charge >= 0.3 is 6.36 Å². The molecule has 0 atom stereocenters. The molecule has 0 unspecified atom stereocenters. The first-order valence-corrected chi connectivity index (χ1v) is 5.90. The Labute approximate surface area is 117 Å². The van der Waals surface area contributed by atoms with Crippen molar-refractivity contribution in [2.45, 2.75) is 12.9 Å². The van der Waals surface area contributed by atoms with Gasteiger partial charge in [0, 0.05) is 12.1 Å². The van der Waals surface area contributed by atoms with Crippen molar-refractivity contribution in [2.24, 2.45) is 5.73 Å². The molecule has 2 aromatic rings. The number of benzene rings is 2. The highest BCUT2D eigenvalue weighted by atomic mass is 19.4. The summed E-state index contributed by atoms with van der Waals surface area (Å²) in [7, 11) is 0. The van der Waals surface area contributed by atoms with Gasteiger partial charge in [-0.25, -0.2) is 4.39 Å². The summed E-state index contributed by atoms with van der Waals surface area (Å²) in [4.78, 5) is 0. The Morgan fingerprint density at radius 3 is 2.24 bits per heavy atom. The van der Waals surface area contributed by atoms with Crippen molar-refractivity contribution in [3.63, 3.8) is 0 Å². The van der Waals surface area contributed by atoms with Gasteiger partial charge in [0.25, 0.3) is 0 Å². The monoisotopic (exact) mass is 301 g/mol. The third-order valence-corrected chi connectivity index (χ3v) is 2.54. The molecule has 2 N–H and O–H groups in total. The van der Waals surface area contributed by atoms with Crippen LogP contribution in [0.1, 0.15) is 5.56 Å². The number of para-hydroxylation sites is 2. The second kappa shape index (κ2) is 6.01. The van der Waals surface area contributed by atoms with Crippen molar-refractivity contribution in [3.05, 3.63) is 53.8 Å². The maximum atomic E-state index is 13.1. The summed E-state index contributed by atoms with van der Waals surface area (Å²) in [6.07, 6.45) is -4.83. The Morgan fingerprint density at radius 2 is 1.62 bits per heavy atom. The van der Waals surface area contributed by atoms with Gasteiger partial charge in [0.05, 0.1) is 0 Å². The van der Waals surface area contributed by atoms with E-state index in [1.54, 1.807) is 0 Å². The Morgan fingerprint density at radius 1 is 0.952 bits per heavy atom. The fourth-order valence-corrected chi connectivity index (χ4v) is 1.67. The van der Waals surface area contributed by atoms with Gasteiger partial charge in [0.2, 0.25) is 0 Å². The third kappa shape index (κ3) is 4.09. The SMILES string of the molecule is NCc1cc(F)ccc1Oc1ccccc1OC(F)(F)F. The molecule has 21 heavy (non-hydrogen) atoms. The zero-order valence-electron chi connectivity index (χ0n) is 10.7. The Kier molecular flexibility index (Phi) is 4.32. The highest BCUT2D eigenvalue weighted by molar-refractivity contribution is 5.45. The first kappa shape index (κ1) is 15.1. The molecule has 0 aliphatic heterocycles. The number of ether oxygens (including phenoxy) is 2. The van der Waals surface area contributed by atoms with Crippen LogP contribution in [0.25, 0.3) is 0 Å². The fraction of sp³-hybridized carbons (Fsp3) is 0.143. The summed E-state index contributed by atoms with van der Waals surface area (Å²) in [5.74, 6) is -0.979. The largest absolute Gasteiger partial charge is 0.573 e. The molecule has 0 heterocycles. The van der Waals surface area contributed by atoms with E-state index < -0.39 is 17.9 Å². The lowest BCUT2D eigenvalue weighted by Crippen LogP contribution is -2.17. The van der Waals surface area contributed by atoms with Crippen LogP contribution in [0.2, 0.25) is 0 Å². The topological polar surface area (TPSA) is 44.5 Å². The highest BCUT2D eigenvalue weighted by Gasteiger charge is 2.32. The summed E-state index contributed by atoms with van der Waals surface area (Å²) in [5.41, 5.74) is 5.79. The quantitative estimate of drug-likeness (QED) is 0.869. The predicted molar refractivity (Wildman–Crippen MR) is 67.5 cm³/mol. The molecule has 0 aliphatic rings. The van der Waals surface area contributed by atoms with Crippen LogP contribution in [0, 0.1) is 5.82 Å². The lowest BCUT2D eigenvalue weighted by molar-refractivity contribution is -0.275. The van der Waals surface area contributed by atoms with Crippen LogP contribution in [0.5, 0.6) is 17.2 Å². The molecule has 0 spiro atoms. The molecular weight excluding hydrogens is 290 g/mol. The molecule has 0 aliphatic carbocycles. The summed E-state index contributed by atoms with van der Waals surface area (Å²) in [6, 6.07) is 8.87. The van der Waals surface area contributed by atoms with Crippen LogP contribution in [0.15, 0.2) is 42.5 Å². The maximum absolute atomic E-state index is 13.1. The lowest BCUT2D eigenvalue weighted by Gasteiger charge is -2.15. The molecule has 3 nitrogen and oxygen atoms in total. The van der Waals surface area contributed by atoms with Crippen LogP contribution in [0.3, 0.4) is 0 Å². The van der Waals surface area contributed by atoms with Crippen LogP contribution in [0.4, 0.5) is 17.6 Å². The average molecular weight is 301 g/mol.